The van der Waals surface area contributed by atoms with E-state index in [4.69, 9.17) is 22.0 Å². The van der Waals surface area contributed by atoms with Crippen LogP contribution in [-0.4, -0.2) is 21.3 Å². The quantitative estimate of drug-likeness (QED) is 0.798. The van der Waals surface area contributed by atoms with Crippen molar-refractivity contribution in [1.29, 1.82) is 5.26 Å². The van der Waals surface area contributed by atoms with Gasteiger partial charge in [0, 0.05) is 6.20 Å². The number of aliphatic hydroxyl groups excluding tert-OH is 2. The molecule has 1 heterocycles. The minimum absolute atomic E-state index is 0.381. The Hall–Kier alpha value is -1.36. The number of hydrogen-bond donors (Lipinski definition) is 2. The van der Waals surface area contributed by atoms with E-state index < -0.39 is 29.0 Å². The molecule has 0 spiro atoms. The van der Waals surface area contributed by atoms with Crippen molar-refractivity contribution in [2.45, 2.75) is 18.4 Å². The van der Waals surface area contributed by atoms with Crippen molar-refractivity contribution < 1.29 is 23.4 Å². The Morgan fingerprint density at radius 1 is 1.41 bits per heavy atom. The fraction of sp³-hybridized carbons (Fsp3) is 0.333. The van der Waals surface area contributed by atoms with Crippen molar-refractivity contribution in [3.05, 3.63) is 28.5 Å². The van der Waals surface area contributed by atoms with Gasteiger partial charge in [-0.15, -0.1) is 0 Å². The Balaban J connectivity index is 3.11. The van der Waals surface area contributed by atoms with Gasteiger partial charge in [0.15, 0.2) is 6.10 Å². The second kappa shape index (κ2) is 4.87. The van der Waals surface area contributed by atoms with Gasteiger partial charge in [0.25, 0.3) is 0 Å². The lowest BCUT2D eigenvalue weighted by atomic mass is 10.1. The first-order chi connectivity index (χ1) is 7.77. The molecule has 1 aromatic rings. The summed E-state index contributed by atoms with van der Waals surface area (Å²) in [5.74, 6) is 0. The van der Waals surface area contributed by atoms with E-state index in [0.29, 0.717) is 12.3 Å². The number of aromatic nitrogens is 1. The molecule has 0 amide bonds. The highest BCUT2D eigenvalue weighted by Crippen LogP contribution is 2.32. The molecular formula is C9H6ClF3N2O2. The summed E-state index contributed by atoms with van der Waals surface area (Å²) in [6.07, 6.45) is -7.70. The minimum Gasteiger partial charge on any atom is -0.383 e. The van der Waals surface area contributed by atoms with Gasteiger partial charge in [0.05, 0.1) is 22.3 Å². The standard InChI is InChI=1S/C9H6ClF3N2O2/c10-5-1-4(9(11,12)13)3-15-7(5)8(17)6(16)2-14/h1,3,6,8,16-17H. The van der Waals surface area contributed by atoms with E-state index >= 15 is 0 Å². The number of nitrogens with zero attached hydrogens (tertiary/aromatic N) is 2. The molecule has 0 aliphatic rings. The molecule has 0 bridgehead atoms. The van der Waals surface area contributed by atoms with Crippen LogP contribution in [0, 0.1) is 11.3 Å². The van der Waals surface area contributed by atoms with Crippen LogP contribution in [0.5, 0.6) is 0 Å². The van der Waals surface area contributed by atoms with E-state index in [1.165, 1.54) is 6.07 Å². The molecule has 8 heteroatoms. The lowest BCUT2D eigenvalue weighted by Gasteiger charge is -2.14. The van der Waals surface area contributed by atoms with Crippen molar-refractivity contribution in [3.63, 3.8) is 0 Å². The van der Waals surface area contributed by atoms with Crippen LogP contribution in [-0.2, 0) is 6.18 Å². The zero-order chi connectivity index (χ0) is 13.2. The maximum Gasteiger partial charge on any atom is 0.417 e. The summed E-state index contributed by atoms with van der Waals surface area (Å²) in [5, 5.41) is 26.2. The number of alkyl halides is 3. The van der Waals surface area contributed by atoms with Gasteiger partial charge in [-0.05, 0) is 6.07 Å². The summed E-state index contributed by atoms with van der Waals surface area (Å²) < 4.78 is 36.8. The third-order valence-electron chi connectivity index (χ3n) is 1.91. The Morgan fingerprint density at radius 2 is 2.00 bits per heavy atom. The van der Waals surface area contributed by atoms with Gasteiger partial charge in [0.1, 0.15) is 6.10 Å². The largest absolute Gasteiger partial charge is 0.417 e. The van der Waals surface area contributed by atoms with Crippen LogP contribution in [0.3, 0.4) is 0 Å². The fourth-order valence-electron chi connectivity index (χ4n) is 1.04. The molecule has 92 valence electrons. The van der Waals surface area contributed by atoms with Gasteiger partial charge in [-0.2, -0.15) is 18.4 Å². The molecule has 0 fully saturated rings. The highest BCUT2D eigenvalue weighted by molar-refractivity contribution is 6.31. The molecule has 4 nitrogen and oxygen atoms in total. The zero-order valence-corrected chi connectivity index (χ0v) is 8.87. The first-order valence-corrected chi connectivity index (χ1v) is 4.63. The number of nitriles is 1. The summed E-state index contributed by atoms with van der Waals surface area (Å²) in [5.41, 5.74) is -1.46. The van der Waals surface area contributed by atoms with Crippen LogP contribution in [0.25, 0.3) is 0 Å². The van der Waals surface area contributed by atoms with Crippen molar-refractivity contribution in [2.75, 3.05) is 0 Å². The first kappa shape index (κ1) is 13.7. The molecule has 0 aliphatic heterocycles. The predicted octanol–water partition coefficient (Wildman–Crippen LogP) is 1.67. The molecular weight excluding hydrogens is 261 g/mol. The second-order valence-corrected chi connectivity index (χ2v) is 3.51. The zero-order valence-electron chi connectivity index (χ0n) is 8.11. The summed E-state index contributed by atoms with van der Waals surface area (Å²) >= 11 is 5.49. The summed E-state index contributed by atoms with van der Waals surface area (Å²) in [7, 11) is 0. The summed E-state index contributed by atoms with van der Waals surface area (Å²) in [4.78, 5) is 3.30. The average Bonchev–Trinajstić information content (AvgIpc) is 2.25. The van der Waals surface area contributed by atoms with Gasteiger partial charge in [-0.3, -0.25) is 4.98 Å². The normalized spacial score (nSPS) is 15.1. The minimum atomic E-state index is -4.60. The highest BCUT2D eigenvalue weighted by Gasteiger charge is 2.32. The van der Waals surface area contributed by atoms with E-state index in [-0.39, 0.29) is 5.69 Å². The van der Waals surface area contributed by atoms with Crippen LogP contribution in [0.15, 0.2) is 12.3 Å². The number of aliphatic hydroxyl groups is 2. The van der Waals surface area contributed by atoms with Crippen molar-refractivity contribution in [3.8, 4) is 6.07 Å². The maximum absolute atomic E-state index is 12.3. The smallest absolute Gasteiger partial charge is 0.383 e. The molecule has 1 rings (SSSR count). The predicted molar refractivity (Wildman–Crippen MR) is 50.8 cm³/mol. The molecule has 1 aromatic heterocycles. The Kier molecular flexibility index (Phi) is 3.93. The Morgan fingerprint density at radius 3 is 2.41 bits per heavy atom. The number of halogens is 4. The van der Waals surface area contributed by atoms with Crippen LogP contribution in [0.2, 0.25) is 5.02 Å². The SMILES string of the molecule is N#CC(O)C(O)c1ncc(C(F)(F)F)cc1Cl. The highest BCUT2D eigenvalue weighted by atomic mass is 35.5. The lowest BCUT2D eigenvalue weighted by Crippen LogP contribution is -2.18. The number of rotatable bonds is 2. The van der Waals surface area contributed by atoms with E-state index in [1.54, 1.807) is 0 Å². The summed E-state index contributed by atoms with van der Waals surface area (Å²) in [6, 6.07) is 1.89. The van der Waals surface area contributed by atoms with Gasteiger partial charge in [-0.25, -0.2) is 0 Å². The number of hydrogen-bond acceptors (Lipinski definition) is 4. The molecule has 2 atom stereocenters. The van der Waals surface area contributed by atoms with E-state index in [2.05, 4.69) is 4.98 Å². The topological polar surface area (TPSA) is 77.1 Å². The molecule has 0 saturated carbocycles. The van der Waals surface area contributed by atoms with Crippen LogP contribution < -0.4 is 0 Å². The Bertz CT molecular complexity index is 459. The van der Waals surface area contributed by atoms with Gasteiger partial charge in [-0.1, -0.05) is 11.6 Å². The van der Waals surface area contributed by atoms with Crippen molar-refractivity contribution >= 4 is 11.6 Å². The van der Waals surface area contributed by atoms with Crippen LogP contribution in [0.4, 0.5) is 13.2 Å². The first-order valence-electron chi connectivity index (χ1n) is 4.25. The fourth-order valence-corrected chi connectivity index (χ4v) is 1.32. The lowest BCUT2D eigenvalue weighted by molar-refractivity contribution is -0.137. The van der Waals surface area contributed by atoms with E-state index in [9.17, 15) is 18.3 Å². The average molecular weight is 267 g/mol. The van der Waals surface area contributed by atoms with Crippen LogP contribution in [0.1, 0.15) is 17.4 Å². The third-order valence-corrected chi connectivity index (χ3v) is 2.21. The molecule has 0 radical (unpaired) electrons. The molecule has 0 aliphatic carbocycles. The summed E-state index contributed by atoms with van der Waals surface area (Å²) in [6.45, 7) is 0. The van der Waals surface area contributed by atoms with Crippen molar-refractivity contribution in [1.82, 2.24) is 4.98 Å². The molecule has 2 unspecified atom stereocenters. The third kappa shape index (κ3) is 3.06. The van der Waals surface area contributed by atoms with E-state index in [0.717, 1.165) is 0 Å². The Labute approximate surface area is 98.9 Å². The maximum atomic E-state index is 12.3. The molecule has 0 saturated heterocycles. The molecule has 2 N–H and O–H groups in total. The monoisotopic (exact) mass is 266 g/mol. The van der Waals surface area contributed by atoms with Gasteiger partial charge >= 0.3 is 6.18 Å². The molecule has 0 aromatic carbocycles. The second-order valence-electron chi connectivity index (χ2n) is 3.11. The van der Waals surface area contributed by atoms with Crippen LogP contribution >= 0.6 is 11.6 Å². The van der Waals surface area contributed by atoms with Gasteiger partial charge < -0.3 is 10.2 Å². The molecule has 17 heavy (non-hydrogen) atoms. The van der Waals surface area contributed by atoms with E-state index in [1.807, 2.05) is 0 Å². The van der Waals surface area contributed by atoms with Gasteiger partial charge in [0.2, 0.25) is 0 Å². The van der Waals surface area contributed by atoms with Crippen molar-refractivity contribution in [2.24, 2.45) is 0 Å². The number of pyridine rings is 1.